The van der Waals surface area contributed by atoms with E-state index in [9.17, 15) is 4.39 Å². The zero-order valence-electron chi connectivity index (χ0n) is 5.11. The molecule has 0 aromatic heterocycles. The average Bonchev–Trinajstić information content (AvgIpc) is 1.83. The molecular weight excluding hydrogens is 117 g/mol. The molecule has 0 saturated heterocycles. The Hall–Kier alpha value is -1.05. The number of benzene rings is 1. The van der Waals surface area contributed by atoms with Gasteiger partial charge in [-0.2, -0.15) is 0 Å². The maximum Gasteiger partial charge on any atom is 0.150 e. The van der Waals surface area contributed by atoms with Crippen molar-refractivity contribution in [3.8, 4) is 0 Å². The summed E-state index contributed by atoms with van der Waals surface area (Å²) in [5, 5.41) is 0. The van der Waals surface area contributed by atoms with E-state index in [0.29, 0.717) is 5.56 Å². The predicted octanol–water partition coefficient (Wildman–Crippen LogP) is 2.05. The minimum absolute atomic E-state index is 0.0324. The van der Waals surface area contributed by atoms with Crippen molar-refractivity contribution in [1.82, 2.24) is 5.73 Å². The molecule has 1 rings (SSSR count). The monoisotopic (exact) mass is 124 g/mol. The first-order valence-electron chi connectivity index (χ1n) is 2.68. The maximum absolute atomic E-state index is 12.5. The highest BCUT2D eigenvalue weighted by atomic mass is 19.1. The van der Waals surface area contributed by atoms with Gasteiger partial charge >= 0.3 is 0 Å². The first-order valence-corrected chi connectivity index (χ1v) is 2.68. The van der Waals surface area contributed by atoms with Crippen molar-refractivity contribution in [2.75, 3.05) is 0 Å². The van der Waals surface area contributed by atoms with Crippen molar-refractivity contribution in [1.29, 1.82) is 0 Å². The molecule has 47 valence electrons. The fourth-order valence-corrected chi connectivity index (χ4v) is 0.647. The Kier molecular flexibility index (Phi) is 1.39. The van der Waals surface area contributed by atoms with E-state index in [1.807, 2.05) is 0 Å². The van der Waals surface area contributed by atoms with E-state index in [-0.39, 0.29) is 5.69 Å². The van der Waals surface area contributed by atoms with Crippen molar-refractivity contribution in [3.05, 3.63) is 29.6 Å². The van der Waals surface area contributed by atoms with Crippen LogP contribution in [0.25, 0.3) is 0 Å². The van der Waals surface area contributed by atoms with Crippen LogP contribution < -0.4 is 5.73 Å². The second-order valence-electron chi connectivity index (χ2n) is 1.94. The van der Waals surface area contributed by atoms with Crippen LogP contribution in [-0.2, 0) is 0 Å². The van der Waals surface area contributed by atoms with Gasteiger partial charge in [0, 0.05) is 0 Å². The quantitative estimate of drug-likeness (QED) is 0.505. The van der Waals surface area contributed by atoms with Gasteiger partial charge in [0.15, 0.2) is 5.82 Å². The summed E-state index contributed by atoms with van der Waals surface area (Å²) in [6.07, 6.45) is 0. The largest absolute Gasteiger partial charge is 0.298 e. The molecule has 0 spiro atoms. The third-order valence-electron chi connectivity index (χ3n) is 1.19. The first kappa shape index (κ1) is 6.08. The normalized spacial score (nSPS) is 9.56. The lowest BCUT2D eigenvalue weighted by atomic mass is 10.2. The minimum Gasteiger partial charge on any atom is -0.298 e. The Bertz CT molecular complexity index is 200. The van der Waals surface area contributed by atoms with Gasteiger partial charge in [0.1, 0.15) is 0 Å². The van der Waals surface area contributed by atoms with Crippen molar-refractivity contribution < 1.29 is 4.39 Å². The van der Waals surface area contributed by atoms with E-state index < -0.39 is 5.82 Å². The van der Waals surface area contributed by atoms with E-state index >= 15 is 0 Å². The zero-order valence-corrected chi connectivity index (χ0v) is 5.11. The molecule has 1 aromatic rings. The summed E-state index contributed by atoms with van der Waals surface area (Å²) in [6, 6.07) is 4.75. The molecule has 0 unspecified atom stereocenters. The van der Waals surface area contributed by atoms with Crippen LogP contribution in [0.15, 0.2) is 18.2 Å². The molecule has 0 heterocycles. The van der Waals surface area contributed by atoms with E-state index in [0.717, 1.165) is 0 Å². The fourth-order valence-electron chi connectivity index (χ4n) is 0.647. The van der Waals surface area contributed by atoms with Gasteiger partial charge in [-0.1, -0.05) is 12.1 Å². The molecule has 9 heavy (non-hydrogen) atoms. The molecule has 0 fully saturated rings. The van der Waals surface area contributed by atoms with Crippen LogP contribution in [-0.4, -0.2) is 0 Å². The summed E-state index contributed by atoms with van der Waals surface area (Å²) in [7, 11) is 0. The number of hydrogen-bond donors (Lipinski definition) is 0. The van der Waals surface area contributed by atoms with Crippen molar-refractivity contribution in [2.45, 2.75) is 6.92 Å². The predicted molar refractivity (Wildman–Crippen MR) is 33.9 cm³/mol. The molecule has 0 aliphatic rings. The van der Waals surface area contributed by atoms with E-state index in [1.165, 1.54) is 6.07 Å². The molecule has 1 nitrogen and oxygen atoms in total. The van der Waals surface area contributed by atoms with Crippen LogP contribution in [0.4, 0.5) is 10.1 Å². The molecule has 0 bridgehead atoms. The Morgan fingerprint density at radius 1 is 1.44 bits per heavy atom. The Labute approximate surface area is 53.3 Å². The molecular formula is C7H7FN. The molecule has 0 atom stereocenters. The van der Waals surface area contributed by atoms with E-state index in [1.54, 1.807) is 19.1 Å². The summed E-state index contributed by atoms with van der Waals surface area (Å²) >= 11 is 0. The Balaban J connectivity index is 3.25. The van der Waals surface area contributed by atoms with Gasteiger partial charge < -0.3 is 0 Å². The maximum atomic E-state index is 12.5. The van der Waals surface area contributed by atoms with Gasteiger partial charge in [-0.15, -0.1) is 0 Å². The average molecular weight is 124 g/mol. The molecule has 1 radical (unpaired) electrons. The highest BCUT2D eigenvalue weighted by Crippen LogP contribution is 2.13. The van der Waals surface area contributed by atoms with Crippen LogP contribution >= 0.6 is 0 Å². The number of nitrogens with one attached hydrogen (secondary N) is 1. The van der Waals surface area contributed by atoms with Crippen LogP contribution in [0.5, 0.6) is 0 Å². The van der Waals surface area contributed by atoms with Crippen LogP contribution in [0, 0.1) is 12.7 Å². The highest BCUT2D eigenvalue weighted by Gasteiger charge is 1.98. The summed E-state index contributed by atoms with van der Waals surface area (Å²) in [5.41, 5.74) is 7.48. The first-order chi connectivity index (χ1) is 4.22. The van der Waals surface area contributed by atoms with Gasteiger partial charge in [-0.3, -0.25) is 5.73 Å². The van der Waals surface area contributed by atoms with Crippen LogP contribution in [0.1, 0.15) is 5.56 Å². The number of hydrogen-bond acceptors (Lipinski definition) is 0. The Morgan fingerprint density at radius 2 is 2.11 bits per heavy atom. The third kappa shape index (κ3) is 1.02. The third-order valence-corrected chi connectivity index (χ3v) is 1.19. The molecule has 2 heteroatoms. The fraction of sp³-hybridized carbons (Fsp3) is 0.143. The lowest BCUT2D eigenvalue weighted by molar-refractivity contribution is 0.619. The van der Waals surface area contributed by atoms with Crippen molar-refractivity contribution in [3.63, 3.8) is 0 Å². The second kappa shape index (κ2) is 2.05. The summed E-state index contributed by atoms with van der Waals surface area (Å²) in [5.74, 6) is -0.419. The van der Waals surface area contributed by atoms with Gasteiger partial charge in [0.05, 0.1) is 5.69 Å². The topological polar surface area (TPSA) is 23.8 Å². The van der Waals surface area contributed by atoms with E-state index in [4.69, 9.17) is 5.73 Å². The van der Waals surface area contributed by atoms with Crippen LogP contribution in [0.3, 0.4) is 0 Å². The van der Waals surface area contributed by atoms with Crippen LogP contribution in [0.2, 0.25) is 0 Å². The minimum atomic E-state index is -0.419. The van der Waals surface area contributed by atoms with Gasteiger partial charge in [-0.05, 0) is 18.6 Å². The lowest BCUT2D eigenvalue weighted by Crippen LogP contribution is -1.82. The summed E-state index contributed by atoms with van der Waals surface area (Å²) in [4.78, 5) is 0. The lowest BCUT2D eigenvalue weighted by Gasteiger charge is -1.95. The molecule has 1 aromatic carbocycles. The smallest absolute Gasteiger partial charge is 0.150 e. The number of aryl methyl sites for hydroxylation is 1. The number of halogens is 1. The van der Waals surface area contributed by atoms with Crippen molar-refractivity contribution >= 4 is 5.69 Å². The van der Waals surface area contributed by atoms with E-state index in [2.05, 4.69) is 0 Å². The number of rotatable bonds is 0. The Morgan fingerprint density at radius 3 is 2.56 bits per heavy atom. The highest BCUT2D eigenvalue weighted by molar-refractivity contribution is 5.38. The van der Waals surface area contributed by atoms with Gasteiger partial charge in [0.2, 0.25) is 0 Å². The second-order valence-corrected chi connectivity index (χ2v) is 1.94. The molecule has 1 N–H and O–H groups in total. The van der Waals surface area contributed by atoms with Gasteiger partial charge in [-0.25, -0.2) is 4.39 Å². The molecule has 0 aliphatic heterocycles. The molecule has 0 amide bonds. The summed E-state index contributed by atoms with van der Waals surface area (Å²) in [6.45, 7) is 1.65. The summed E-state index contributed by atoms with van der Waals surface area (Å²) < 4.78 is 12.5. The zero-order chi connectivity index (χ0) is 6.85. The standard InChI is InChI=1S/C7H7FN/c1-5-3-2-4-6(9)7(5)8/h2-4,9H,1H3. The van der Waals surface area contributed by atoms with Crippen molar-refractivity contribution in [2.24, 2.45) is 0 Å². The molecule has 0 saturated carbocycles. The molecule has 0 aliphatic carbocycles. The SMILES string of the molecule is Cc1cccc([NH])c1F. The van der Waals surface area contributed by atoms with Gasteiger partial charge in [0.25, 0.3) is 0 Å².